The van der Waals surface area contributed by atoms with Crippen molar-refractivity contribution in [2.45, 2.75) is 26.7 Å². The Balaban J connectivity index is 1.91. The van der Waals surface area contributed by atoms with Crippen molar-refractivity contribution in [1.29, 1.82) is 0 Å². The van der Waals surface area contributed by atoms with Gasteiger partial charge in [-0.15, -0.1) is 0 Å². The number of hydrogen-bond acceptors (Lipinski definition) is 2. The number of nitrogens with zero attached hydrogens (tertiary/aromatic N) is 2. The molecule has 0 radical (unpaired) electrons. The fraction of sp³-hybridized carbons (Fsp3) is 0.500. The van der Waals surface area contributed by atoms with Gasteiger partial charge in [0, 0.05) is 24.9 Å². The Kier molecular flexibility index (Phi) is 4.53. The molecule has 0 N–H and O–H groups in total. The van der Waals surface area contributed by atoms with E-state index in [1.807, 2.05) is 4.90 Å². The van der Waals surface area contributed by atoms with Crippen molar-refractivity contribution in [3.63, 3.8) is 0 Å². The van der Waals surface area contributed by atoms with Crippen LogP contribution in [0.5, 0.6) is 0 Å². The van der Waals surface area contributed by atoms with Crippen LogP contribution in [0, 0.1) is 11.2 Å². The van der Waals surface area contributed by atoms with Crippen LogP contribution in [0.3, 0.4) is 0 Å². The highest BCUT2D eigenvalue weighted by Gasteiger charge is 2.28. The number of amides is 1. The first-order valence-electron chi connectivity index (χ1n) is 7.00. The summed E-state index contributed by atoms with van der Waals surface area (Å²) in [5.74, 6) is -0.298. The molecular formula is C16H21FN2O. The summed E-state index contributed by atoms with van der Waals surface area (Å²) < 4.78 is 13.4. The van der Waals surface area contributed by atoms with Gasteiger partial charge in [0.1, 0.15) is 12.4 Å². The molecule has 0 aliphatic carbocycles. The minimum absolute atomic E-state index is 0.0189. The minimum atomic E-state index is -0.317. The third-order valence-electron chi connectivity index (χ3n) is 3.62. The molecule has 0 atom stereocenters. The van der Waals surface area contributed by atoms with Crippen molar-refractivity contribution in [3.8, 4) is 0 Å². The van der Waals surface area contributed by atoms with Crippen LogP contribution in [0.2, 0.25) is 0 Å². The van der Waals surface area contributed by atoms with Gasteiger partial charge in [0.25, 0.3) is 0 Å². The lowest BCUT2D eigenvalue weighted by molar-refractivity contribution is -0.132. The van der Waals surface area contributed by atoms with E-state index in [-0.39, 0.29) is 23.7 Å². The molecule has 1 aliphatic heterocycles. The Morgan fingerprint density at radius 1 is 1.45 bits per heavy atom. The summed E-state index contributed by atoms with van der Waals surface area (Å²) in [4.78, 5) is 18.0. The lowest BCUT2D eigenvalue weighted by Gasteiger charge is -2.37. The highest BCUT2D eigenvalue weighted by atomic mass is 19.1. The first-order chi connectivity index (χ1) is 9.48. The maximum Gasteiger partial charge on any atom is 0.244 e. The van der Waals surface area contributed by atoms with Gasteiger partial charge >= 0.3 is 0 Å². The molecule has 0 unspecified atom stereocenters. The van der Waals surface area contributed by atoms with Crippen LogP contribution in [-0.2, 0) is 4.79 Å². The van der Waals surface area contributed by atoms with Crippen molar-refractivity contribution >= 4 is 12.1 Å². The van der Waals surface area contributed by atoms with Crippen LogP contribution in [-0.4, -0.2) is 36.7 Å². The monoisotopic (exact) mass is 276 g/mol. The zero-order valence-corrected chi connectivity index (χ0v) is 12.1. The molecule has 1 aliphatic rings. The van der Waals surface area contributed by atoms with Crippen LogP contribution >= 0.6 is 0 Å². The molecule has 0 spiro atoms. The van der Waals surface area contributed by atoms with Gasteiger partial charge in [-0.25, -0.2) is 4.39 Å². The maximum atomic E-state index is 13.4. The molecule has 4 heteroatoms. The van der Waals surface area contributed by atoms with Crippen LogP contribution < -0.4 is 0 Å². The number of halogens is 1. The fourth-order valence-electron chi connectivity index (χ4n) is 2.54. The van der Waals surface area contributed by atoms with E-state index in [1.54, 1.807) is 18.2 Å². The molecule has 0 saturated carbocycles. The molecule has 2 rings (SSSR count). The maximum absolute atomic E-state index is 13.4. The van der Waals surface area contributed by atoms with Gasteiger partial charge < -0.3 is 4.90 Å². The third-order valence-corrected chi connectivity index (χ3v) is 3.62. The predicted molar refractivity (Wildman–Crippen MR) is 78.5 cm³/mol. The van der Waals surface area contributed by atoms with Crippen LogP contribution in [0.4, 0.5) is 4.39 Å². The first-order valence-corrected chi connectivity index (χ1v) is 7.00. The summed E-state index contributed by atoms with van der Waals surface area (Å²) in [6.45, 7) is 6.02. The molecule has 1 saturated heterocycles. The fourth-order valence-corrected chi connectivity index (χ4v) is 2.54. The van der Waals surface area contributed by atoms with Crippen LogP contribution in [0.25, 0.3) is 0 Å². The molecule has 0 aromatic heterocycles. The number of likely N-dealkylation sites (tertiary alicyclic amines) is 1. The van der Waals surface area contributed by atoms with Gasteiger partial charge in [-0.2, -0.15) is 0 Å². The number of carbonyl (C=O) groups is 1. The summed E-state index contributed by atoms with van der Waals surface area (Å²) in [5, 5.41) is 0. The largest absolute Gasteiger partial charge is 0.341 e. The Morgan fingerprint density at radius 2 is 2.20 bits per heavy atom. The molecule has 1 aromatic carbocycles. The van der Waals surface area contributed by atoms with Crippen molar-refractivity contribution < 1.29 is 9.18 Å². The summed E-state index contributed by atoms with van der Waals surface area (Å²) in [6.07, 6.45) is 3.62. The van der Waals surface area contributed by atoms with E-state index in [4.69, 9.17) is 0 Å². The number of aliphatic imine (C=N–C) groups is 1. The number of piperidine rings is 1. The van der Waals surface area contributed by atoms with Crippen LogP contribution in [0.1, 0.15) is 32.3 Å². The Hall–Kier alpha value is -1.71. The average molecular weight is 276 g/mol. The zero-order chi connectivity index (χ0) is 14.6. The van der Waals surface area contributed by atoms with E-state index in [2.05, 4.69) is 18.8 Å². The quantitative estimate of drug-likeness (QED) is 0.781. The van der Waals surface area contributed by atoms with Gasteiger partial charge in [-0.1, -0.05) is 32.0 Å². The SMILES string of the molecule is CC1(C)CCCN(C(=O)CN=Cc2ccccc2F)C1. The smallest absolute Gasteiger partial charge is 0.244 e. The molecule has 1 heterocycles. The van der Waals surface area contributed by atoms with Gasteiger partial charge in [-0.3, -0.25) is 9.79 Å². The summed E-state index contributed by atoms with van der Waals surface area (Å²) in [7, 11) is 0. The Labute approximate surface area is 119 Å². The molecule has 1 amide bonds. The second-order valence-electron chi connectivity index (χ2n) is 6.07. The van der Waals surface area contributed by atoms with Crippen LogP contribution in [0.15, 0.2) is 29.3 Å². The number of hydrogen-bond donors (Lipinski definition) is 0. The molecule has 108 valence electrons. The Bertz CT molecular complexity index is 511. The summed E-state index contributed by atoms with van der Waals surface area (Å²) in [6, 6.07) is 6.41. The molecule has 1 fully saturated rings. The summed E-state index contributed by atoms with van der Waals surface area (Å²) in [5.41, 5.74) is 0.600. The number of rotatable bonds is 3. The van der Waals surface area contributed by atoms with Crippen molar-refractivity contribution in [3.05, 3.63) is 35.6 Å². The first kappa shape index (κ1) is 14.7. The van der Waals surface area contributed by atoms with Crippen molar-refractivity contribution in [2.24, 2.45) is 10.4 Å². The molecule has 20 heavy (non-hydrogen) atoms. The van der Waals surface area contributed by atoms with E-state index >= 15 is 0 Å². The standard InChI is InChI=1S/C16H21FN2O/c1-16(2)8-5-9-19(12-16)15(20)11-18-10-13-6-3-4-7-14(13)17/h3-4,6-7,10H,5,8-9,11-12H2,1-2H3. The molecule has 0 bridgehead atoms. The highest BCUT2D eigenvalue weighted by Crippen LogP contribution is 2.28. The van der Waals surface area contributed by atoms with Gasteiger partial charge in [0.05, 0.1) is 0 Å². The third kappa shape index (κ3) is 3.89. The van der Waals surface area contributed by atoms with E-state index in [0.29, 0.717) is 5.56 Å². The summed E-state index contributed by atoms with van der Waals surface area (Å²) >= 11 is 0. The topological polar surface area (TPSA) is 32.7 Å². The highest BCUT2D eigenvalue weighted by molar-refractivity contribution is 5.84. The van der Waals surface area contributed by atoms with E-state index in [0.717, 1.165) is 25.9 Å². The predicted octanol–water partition coefficient (Wildman–Crippen LogP) is 2.89. The number of benzene rings is 1. The second-order valence-corrected chi connectivity index (χ2v) is 6.07. The minimum Gasteiger partial charge on any atom is -0.341 e. The van der Waals surface area contributed by atoms with Gasteiger partial charge in [-0.05, 0) is 24.3 Å². The zero-order valence-electron chi connectivity index (χ0n) is 12.1. The van der Waals surface area contributed by atoms with E-state index in [9.17, 15) is 9.18 Å². The molecular weight excluding hydrogens is 255 g/mol. The normalized spacial score (nSPS) is 18.4. The van der Waals surface area contributed by atoms with Crippen molar-refractivity contribution in [2.75, 3.05) is 19.6 Å². The van der Waals surface area contributed by atoms with Gasteiger partial charge in [0.15, 0.2) is 0 Å². The Morgan fingerprint density at radius 3 is 2.90 bits per heavy atom. The van der Waals surface area contributed by atoms with E-state index < -0.39 is 0 Å². The van der Waals surface area contributed by atoms with Gasteiger partial charge in [0.2, 0.25) is 5.91 Å². The second kappa shape index (κ2) is 6.16. The lowest BCUT2D eigenvalue weighted by Crippen LogP contribution is -2.44. The lowest BCUT2D eigenvalue weighted by atomic mass is 9.84. The van der Waals surface area contributed by atoms with Crippen molar-refractivity contribution in [1.82, 2.24) is 4.90 Å². The van der Waals surface area contributed by atoms with E-state index in [1.165, 1.54) is 12.3 Å². The molecule has 3 nitrogen and oxygen atoms in total. The molecule has 1 aromatic rings. The number of carbonyl (C=O) groups excluding carboxylic acids is 1. The average Bonchev–Trinajstić information content (AvgIpc) is 2.39.